The van der Waals surface area contributed by atoms with Gasteiger partial charge in [-0.05, 0) is 55.3 Å². The molecule has 0 atom stereocenters. The molecule has 0 aliphatic rings. The Balaban J connectivity index is 2.43. The first-order valence-electron chi connectivity index (χ1n) is 6.27. The molecule has 0 aliphatic heterocycles. The normalized spacial score (nSPS) is 11.2. The van der Waals surface area contributed by atoms with E-state index in [2.05, 4.69) is 4.72 Å². The van der Waals surface area contributed by atoms with Gasteiger partial charge in [-0.2, -0.15) is 0 Å². The molecule has 0 spiro atoms. The number of rotatable bonds is 4. The summed E-state index contributed by atoms with van der Waals surface area (Å²) in [4.78, 5) is 0.144. The first-order chi connectivity index (χ1) is 9.85. The molecule has 0 saturated carbocycles. The second-order valence-electron chi connectivity index (χ2n) is 4.63. The van der Waals surface area contributed by atoms with Crippen molar-refractivity contribution >= 4 is 15.7 Å². The third-order valence-electron chi connectivity index (χ3n) is 3.27. The van der Waals surface area contributed by atoms with E-state index in [1.165, 1.54) is 31.4 Å². The molecule has 0 amide bonds. The monoisotopic (exact) mass is 309 g/mol. The molecule has 2 aromatic rings. The zero-order valence-electron chi connectivity index (χ0n) is 12.0. The minimum Gasteiger partial charge on any atom is -0.496 e. The van der Waals surface area contributed by atoms with Crippen molar-refractivity contribution in [3.63, 3.8) is 0 Å². The molecule has 0 fully saturated rings. The maximum atomic E-state index is 13.1. The van der Waals surface area contributed by atoms with Gasteiger partial charge in [0.05, 0.1) is 17.7 Å². The van der Waals surface area contributed by atoms with Gasteiger partial charge in [0.2, 0.25) is 0 Å². The zero-order chi connectivity index (χ0) is 15.6. The molecule has 0 heterocycles. The molecule has 6 heteroatoms. The SMILES string of the molecule is COc1ccc(S(=O)(=O)Nc2cccc(F)c2)c(C)c1C. The van der Waals surface area contributed by atoms with Crippen LogP contribution in [0, 0.1) is 19.7 Å². The number of hydrogen-bond acceptors (Lipinski definition) is 3. The molecule has 112 valence electrons. The molecule has 2 rings (SSSR count). The molecule has 2 aromatic carbocycles. The van der Waals surface area contributed by atoms with Crippen LogP contribution in [-0.4, -0.2) is 15.5 Å². The Morgan fingerprint density at radius 2 is 1.81 bits per heavy atom. The van der Waals surface area contributed by atoms with Crippen LogP contribution in [-0.2, 0) is 10.0 Å². The second-order valence-corrected chi connectivity index (χ2v) is 6.28. The van der Waals surface area contributed by atoms with Crippen molar-refractivity contribution in [2.75, 3.05) is 11.8 Å². The number of anilines is 1. The molecule has 21 heavy (non-hydrogen) atoms. The van der Waals surface area contributed by atoms with E-state index in [0.29, 0.717) is 11.3 Å². The molecule has 0 unspecified atom stereocenters. The molecule has 1 N–H and O–H groups in total. The highest BCUT2D eigenvalue weighted by Crippen LogP contribution is 2.28. The maximum Gasteiger partial charge on any atom is 0.262 e. The van der Waals surface area contributed by atoms with Gasteiger partial charge in [0.15, 0.2) is 0 Å². The first-order valence-corrected chi connectivity index (χ1v) is 7.76. The van der Waals surface area contributed by atoms with Gasteiger partial charge >= 0.3 is 0 Å². The van der Waals surface area contributed by atoms with Gasteiger partial charge in [-0.25, -0.2) is 12.8 Å². The lowest BCUT2D eigenvalue weighted by Crippen LogP contribution is -2.15. The van der Waals surface area contributed by atoms with Crippen molar-refractivity contribution in [3.05, 3.63) is 53.3 Å². The maximum absolute atomic E-state index is 13.1. The van der Waals surface area contributed by atoms with Crippen molar-refractivity contribution in [1.29, 1.82) is 0 Å². The fourth-order valence-corrected chi connectivity index (χ4v) is 3.40. The minimum atomic E-state index is -3.78. The molecular formula is C15H16FNO3S. The predicted octanol–water partition coefficient (Wildman–Crippen LogP) is 3.25. The van der Waals surface area contributed by atoms with E-state index in [0.717, 1.165) is 11.6 Å². The summed E-state index contributed by atoms with van der Waals surface area (Å²) in [6.07, 6.45) is 0. The van der Waals surface area contributed by atoms with Gasteiger partial charge in [-0.15, -0.1) is 0 Å². The molecule has 0 bridgehead atoms. The van der Waals surface area contributed by atoms with Crippen LogP contribution in [0.25, 0.3) is 0 Å². The van der Waals surface area contributed by atoms with Crippen LogP contribution in [0.5, 0.6) is 5.75 Å². The quantitative estimate of drug-likeness (QED) is 0.943. The van der Waals surface area contributed by atoms with E-state index in [9.17, 15) is 12.8 Å². The van der Waals surface area contributed by atoms with Crippen molar-refractivity contribution < 1.29 is 17.5 Å². The number of methoxy groups -OCH3 is 1. The predicted molar refractivity (Wildman–Crippen MR) is 79.7 cm³/mol. The van der Waals surface area contributed by atoms with Gasteiger partial charge in [0.1, 0.15) is 11.6 Å². The highest BCUT2D eigenvalue weighted by Gasteiger charge is 2.19. The van der Waals surface area contributed by atoms with E-state index in [-0.39, 0.29) is 10.6 Å². The number of hydrogen-bond donors (Lipinski definition) is 1. The summed E-state index contributed by atoms with van der Waals surface area (Å²) in [5.74, 6) is 0.120. The van der Waals surface area contributed by atoms with Gasteiger partial charge < -0.3 is 4.74 Å². The molecular weight excluding hydrogens is 293 g/mol. The van der Waals surface area contributed by atoms with E-state index < -0.39 is 15.8 Å². The van der Waals surface area contributed by atoms with Crippen molar-refractivity contribution in [1.82, 2.24) is 0 Å². The Kier molecular flexibility index (Phi) is 4.18. The first kappa shape index (κ1) is 15.3. The smallest absolute Gasteiger partial charge is 0.262 e. The van der Waals surface area contributed by atoms with Crippen LogP contribution in [0.3, 0.4) is 0 Å². The Morgan fingerprint density at radius 1 is 1.10 bits per heavy atom. The third kappa shape index (κ3) is 3.16. The van der Waals surface area contributed by atoms with Crippen molar-refractivity contribution in [2.24, 2.45) is 0 Å². The van der Waals surface area contributed by atoms with E-state index >= 15 is 0 Å². The highest BCUT2D eigenvalue weighted by atomic mass is 32.2. The fraction of sp³-hybridized carbons (Fsp3) is 0.200. The zero-order valence-corrected chi connectivity index (χ0v) is 12.8. The minimum absolute atomic E-state index is 0.144. The number of halogens is 1. The summed E-state index contributed by atoms with van der Waals surface area (Å²) in [6, 6.07) is 8.39. The standard InChI is InChI=1S/C15H16FNO3S/c1-10-11(2)15(8-7-14(10)20-3)21(18,19)17-13-6-4-5-12(16)9-13/h4-9,17H,1-3H3. The van der Waals surface area contributed by atoms with E-state index in [1.807, 2.05) is 0 Å². The molecule has 0 aromatic heterocycles. The van der Waals surface area contributed by atoms with Crippen LogP contribution in [0.15, 0.2) is 41.3 Å². The van der Waals surface area contributed by atoms with Crippen LogP contribution in [0.2, 0.25) is 0 Å². The Bertz CT molecular complexity index is 772. The van der Waals surface area contributed by atoms with Gasteiger partial charge in [0.25, 0.3) is 10.0 Å². The fourth-order valence-electron chi connectivity index (χ4n) is 2.05. The molecule has 0 aliphatic carbocycles. The van der Waals surface area contributed by atoms with Crippen LogP contribution in [0.4, 0.5) is 10.1 Å². The summed E-state index contributed by atoms with van der Waals surface area (Å²) in [5, 5.41) is 0. The largest absolute Gasteiger partial charge is 0.496 e. The lowest BCUT2D eigenvalue weighted by molar-refractivity contribution is 0.411. The van der Waals surface area contributed by atoms with Crippen molar-refractivity contribution in [2.45, 2.75) is 18.7 Å². The summed E-state index contributed by atoms with van der Waals surface area (Å²) >= 11 is 0. The topological polar surface area (TPSA) is 55.4 Å². The van der Waals surface area contributed by atoms with Gasteiger partial charge in [-0.1, -0.05) is 6.07 Å². The summed E-state index contributed by atoms with van der Waals surface area (Å²) in [6.45, 7) is 3.49. The number of nitrogens with one attached hydrogen (secondary N) is 1. The van der Waals surface area contributed by atoms with Crippen molar-refractivity contribution in [3.8, 4) is 5.75 Å². The molecule has 0 saturated heterocycles. The number of benzene rings is 2. The summed E-state index contributed by atoms with van der Waals surface area (Å²) in [5.41, 5.74) is 1.53. The Hall–Kier alpha value is -2.08. The van der Waals surface area contributed by atoms with Gasteiger partial charge in [-0.3, -0.25) is 4.72 Å². The molecule has 4 nitrogen and oxygen atoms in total. The lowest BCUT2D eigenvalue weighted by Gasteiger charge is -2.14. The van der Waals surface area contributed by atoms with Crippen LogP contribution in [0.1, 0.15) is 11.1 Å². The Morgan fingerprint density at radius 3 is 2.43 bits per heavy atom. The second kappa shape index (κ2) is 5.73. The van der Waals surface area contributed by atoms with E-state index in [4.69, 9.17) is 4.74 Å². The Labute approximate surface area is 123 Å². The summed E-state index contributed by atoms with van der Waals surface area (Å²) in [7, 11) is -2.25. The highest BCUT2D eigenvalue weighted by molar-refractivity contribution is 7.92. The lowest BCUT2D eigenvalue weighted by atomic mass is 10.1. The van der Waals surface area contributed by atoms with E-state index in [1.54, 1.807) is 19.9 Å². The average molecular weight is 309 g/mol. The van der Waals surface area contributed by atoms with Gasteiger partial charge in [0, 0.05) is 0 Å². The number of sulfonamides is 1. The number of ether oxygens (including phenoxy) is 1. The average Bonchev–Trinajstić information content (AvgIpc) is 2.41. The van der Waals surface area contributed by atoms with Crippen LogP contribution >= 0.6 is 0 Å². The van der Waals surface area contributed by atoms with Crippen LogP contribution < -0.4 is 9.46 Å². The summed E-state index contributed by atoms with van der Waals surface area (Å²) < 4.78 is 45.5. The third-order valence-corrected chi connectivity index (χ3v) is 4.80. The molecule has 0 radical (unpaired) electrons.